The van der Waals surface area contributed by atoms with Gasteiger partial charge in [0.1, 0.15) is 17.2 Å². The first-order chi connectivity index (χ1) is 10.3. The van der Waals surface area contributed by atoms with Crippen LogP contribution < -0.4 is 9.47 Å². The number of ether oxygens (including phenoxy) is 2. The lowest BCUT2D eigenvalue weighted by atomic mass is 10.2. The van der Waals surface area contributed by atoms with E-state index >= 15 is 0 Å². The Hall–Kier alpha value is -2.00. The number of rotatable bonds is 5. The molecule has 0 atom stereocenters. The third-order valence-electron chi connectivity index (χ3n) is 3.37. The number of hydrogen-bond donors (Lipinski definition) is 0. The molecule has 108 valence electrons. The second-order valence-corrected chi connectivity index (χ2v) is 6.01. The molecule has 0 aliphatic heterocycles. The van der Waals surface area contributed by atoms with E-state index in [0.717, 1.165) is 30.1 Å². The van der Waals surface area contributed by atoms with Gasteiger partial charge in [-0.2, -0.15) is 0 Å². The standard InChI is InChI=1S/C18H18O2S/c1-3-6-17-18(15-7-4-5-8-16(15)21-17)20-14-11-9-13(19-2)10-12-14/h4-5,7-12H,3,6H2,1-2H3. The molecule has 0 amide bonds. The summed E-state index contributed by atoms with van der Waals surface area (Å²) < 4.78 is 12.6. The van der Waals surface area contributed by atoms with Crippen LogP contribution in [0, 0.1) is 0 Å². The van der Waals surface area contributed by atoms with E-state index in [4.69, 9.17) is 9.47 Å². The number of hydrogen-bond acceptors (Lipinski definition) is 3. The predicted molar refractivity (Wildman–Crippen MR) is 88.9 cm³/mol. The van der Waals surface area contributed by atoms with Gasteiger partial charge in [-0.25, -0.2) is 0 Å². The van der Waals surface area contributed by atoms with Crippen LogP contribution in [0.3, 0.4) is 0 Å². The lowest BCUT2D eigenvalue weighted by Gasteiger charge is -2.08. The van der Waals surface area contributed by atoms with Gasteiger partial charge >= 0.3 is 0 Å². The van der Waals surface area contributed by atoms with Crippen molar-refractivity contribution in [3.05, 3.63) is 53.4 Å². The zero-order valence-electron chi connectivity index (χ0n) is 12.3. The Balaban J connectivity index is 1.99. The van der Waals surface area contributed by atoms with Crippen LogP contribution in [0.1, 0.15) is 18.2 Å². The van der Waals surface area contributed by atoms with Crippen LogP contribution >= 0.6 is 11.3 Å². The summed E-state index contributed by atoms with van der Waals surface area (Å²) in [6, 6.07) is 16.1. The highest BCUT2D eigenvalue weighted by molar-refractivity contribution is 7.19. The van der Waals surface area contributed by atoms with E-state index in [1.54, 1.807) is 7.11 Å². The molecule has 0 aliphatic carbocycles. The molecule has 0 saturated heterocycles. The molecule has 21 heavy (non-hydrogen) atoms. The monoisotopic (exact) mass is 298 g/mol. The minimum Gasteiger partial charge on any atom is -0.497 e. The lowest BCUT2D eigenvalue weighted by molar-refractivity contribution is 0.413. The SMILES string of the molecule is CCCc1sc2ccccc2c1Oc1ccc(OC)cc1. The predicted octanol–water partition coefficient (Wildman–Crippen LogP) is 5.65. The maximum Gasteiger partial charge on any atom is 0.149 e. The van der Waals surface area contributed by atoms with Crippen molar-refractivity contribution in [2.75, 3.05) is 7.11 Å². The quantitative estimate of drug-likeness (QED) is 0.605. The minimum atomic E-state index is 0.839. The molecule has 1 heterocycles. The van der Waals surface area contributed by atoms with Crippen LogP contribution in [0.25, 0.3) is 10.1 Å². The lowest BCUT2D eigenvalue weighted by Crippen LogP contribution is -1.88. The number of fused-ring (bicyclic) bond motifs is 1. The number of benzene rings is 2. The highest BCUT2D eigenvalue weighted by Gasteiger charge is 2.13. The second-order valence-electron chi connectivity index (χ2n) is 4.88. The molecule has 0 bridgehead atoms. The van der Waals surface area contributed by atoms with Crippen LogP contribution in [0.5, 0.6) is 17.2 Å². The van der Waals surface area contributed by atoms with E-state index < -0.39 is 0 Å². The van der Waals surface area contributed by atoms with Crippen molar-refractivity contribution in [3.63, 3.8) is 0 Å². The van der Waals surface area contributed by atoms with Gasteiger partial charge in [0.15, 0.2) is 0 Å². The van der Waals surface area contributed by atoms with Gasteiger partial charge in [0.05, 0.1) is 7.11 Å². The summed E-state index contributed by atoms with van der Waals surface area (Å²) in [6.45, 7) is 2.20. The van der Waals surface area contributed by atoms with E-state index in [1.807, 2.05) is 35.6 Å². The van der Waals surface area contributed by atoms with Crippen LogP contribution in [0.15, 0.2) is 48.5 Å². The third kappa shape index (κ3) is 2.88. The molecule has 1 aromatic heterocycles. The van der Waals surface area contributed by atoms with Crippen molar-refractivity contribution in [1.82, 2.24) is 0 Å². The molecule has 0 saturated carbocycles. The Labute approximate surface area is 128 Å². The smallest absolute Gasteiger partial charge is 0.149 e. The number of aryl methyl sites for hydroxylation is 1. The maximum atomic E-state index is 6.17. The maximum absolute atomic E-state index is 6.17. The van der Waals surface area contributed by atoms with Gasteiger partial charge in [0.25, 0.3) is 0 Å². The van der Waals surface area contributed by atoms with Crippen molar-refractivity contribution < 1.29 is 9.47 Å². The van der Waals surface area contributed by atoms with Crippen molar-refractivity contribution >= 4 is 21.4 Å². The molecule has 0 spiro atoms. The molecule has 0 N–H and O–H groups in total. The summed E-state index contributed by atoms with van der Waals surface area (Å²) in [5, 5.41) is 1.20. The molecule has 2 aromatic carbocycles. The summed E-state index contributed by atoms with van der Waals surface area (Å²) in [7, 11) is 1.67. The first kappa shape index (κ1) is 14.0. The van der Waals surface area contributed by atoms with Gasteiger partial charge in [-0.3, -0.25) is 0 Å². The third-order valence-corrected chi connectivity index (χ3v) is 4.59. The summed E-state index contributed by atoms with van der Waals surface area (Å²) >= 11 is 1.83. The van der Waals surface area contributed by atoms with Gasteiger partial charge in [0.2, 0.25) is 0 Å². The fraction of sp³-hybridized carbons (Fsp3) is 0.222. The highest BCUT2D eigenvalue weighted by Crippen LogP contribution is 2.41. The first-order valence-corrected chi connectivity index (χ1v) is 7.95. The van der Waals surface area contributed by atoms with Gasteiger partial charge in [-0.05, 0) is 42.8 Å². The van der Waals surface area contributed by atoms with Gasteiger partial charge < -0.3 is 9.47 Å². The largest absolute Gasteiger partial charge is 0.497 e. The topological polar surface area (TPSA) is 18.5 Å². The second kappa shape index (κ2) is 6.19. The van der Waals surface area contributed by atoms with Crippen molar-refractivity contribution in [1.29, 1.82) is 0 Å². The van der Waals surface area contributed by atoms with Crippen molar-refractivity contribution in [2.24, 2.45) is 0 Å². The fourth-order valence-electron chi connectivity index (χ4n) is 2.34. The van der Waals surface area contributed by atoms with Crippen molar-refractivity contribution in [2.45, 2.75) is 19.8 Å². The Morgan fingerprint density at radius 2 is 1.67 bits per heavy atom. The summed E-state index contributed by atoms with van der Waals surface area (Å²) in [5.74, 6) is 2.69. The average Bonchev–Trinajstić information content (AvgIpc) is 2.86. The summed E-state index contributed by atoms with van der Waals surface area (Å²) in [4.78, 5) is 1.31. The normalized spacial score (nSPS) is 10.8. The number of methoxy groups -OCH3 is 1. The van der Waals surface area contributed by atoms with Crippen molar-refractivity contribution in [3.8, 4) is 17.2 Å². The molecule has 3 rings (SSSR count). The van der Waals surface area contributed by atoms with E-state index in [2.05, 4.69) is 31.2 Å². The highest BCUT2D eigenvalue weighted by atomic mass is 32.1. The molecule has 3 aromatic rings. The summed E-state index contributed by atoms with van der Waals surface area (Å²) in [6.07, 6.45) is 2.16. The molecule has 3 heteroatoms. The van der Waals surface area contributed by atoms with Gasteiger partial charge in [0, 0.05) is 15.0 Å². The zero-order chi connectivity index (χ0) is 14.7. The Morgan fingerprint density at radius 3 is 2.38 bits per heavy atom. The van der Waals surface area contributed by atoms with Crippen LogP contribution in [-0.2, 0) is 6.42 Å². The number of thiophene rings is 1. The molecular formula is C18H18O2S. The minimum absolute atomic E-state index is 0.839. The molecule has 2 nitrogen and oxygen atoms in total. The Morgan fingerprint density at radius 1 is 0.952 bits per heavy atom. The van der Waals surface area contributed by atoms with Gasteiger partial charge in [-0.15, -0.1) is 11.3 Å². The molecule has 0 aliphatic rings. The van der Waals surface area contributed by atoms with E-state index in [1.165, 1.54) is 15.0 Å². The Kier molecular flexibility index (Phi) is 4.11. The van der Waals surface area contributed by atoms with Gasteiger partial charge in [-0.1, -0.05) is 25.5 Å². The molecule has 0 unspecified atom stereocenters. The van der Waals surface area contributed by atoms with Crippen LogP contribution in [-0.4, -0.2) is 7.11 Å². The zero-order valence-corrected chi connectivity index (χ0v) is 13.1. The van der Waals surface area contributed by atoms with Crippen LogP contribution in [0.4, 0.5) is 0 Å². The van der Waals surface area contributed by atoms with E-state index in [9.17, 15) is 0 Å². The summed E-state index contributed by atoms with van der Waals surface area (Å²) in [5.41, 5.74) is 0. The first-order valence-electron chi connectivity index (χ1n) is 7.14. The van der Waals surface area contributed by atoms with E-state index in [0.29, 0.717) is 0 Å². The molecular weight excluding hydrogens is 280 g/mol. The fourth-order valence-corrected chi connectivity index (χ4v) is 3.57. The molecule has 0 fully saturated rings. The molecule has 0 radical (unpaired) electrons. The Bertz CT molecular complexity index is 729. The van der Waals surface area contributed by atoms with Crippen LogP contribution in [0.2, 0.25) is 0 Å². The van der Waals surface area contributed by atoms with E-state index in [-0.39, 0.29) is 0 Å². The average molecular weight is 298 g/mol.